The minimum absolute atomic E-state index is 0.00693. The minimum atomic E-state index is -0.184. The van der Waals surface area contributed by atoms with Gasteiger partial charge < -0.3 is 4.74 Å². The normalized spacial score (nSPS) is 11.9. The van der Waals surface area contributed by atoms with Crippen LogP contribution in [0.3, 0.4) is 0 Å². The van der Waals surface area contributed by atoms with Crippen LogP contribution in [0.2, 0.25) is 5.02 Å². The summed E-state index contributed by atoms with van der Waals surface area (Å²) in [6.45, 7) is 2.22. The van der Waals surface area contributed by atoms with E-state index in [9.17, 15) is 4.79 Å². The van der Waals surface area contributed by atoms with Crippen LogP contribution in [0.15, 0.2) is 54.6 Å². The van der Waals surface area contributed by atoms with Gasteiger partial charge in [-0.2, -0.15) is 0 Å². The van der Waals surface area contributed by atoms with Gasteiger partial charge in [0.25, 0.3) is 0 Å². The van der Waals surface area contributed by atoms with Crippen molar-refractivity contribution in [3.8, 4) is 0 Å². The molecule has 2 rings (SSSR count). The average Bonchev–Trinajstić information content (AvgIpc) is 2.47. The SMILES string of the molecule is CCOC(=O)C[C@@H](c1ccccc1)c1ccc(Cl)cc1. The van der Waals surface area contributed by atoms with E-state index in [-0.39, 0.29) is 11.9 Å². The summed E-state index contributed by atoms with van der Waals surface area (Å²) in [5.41, 5.74) is 2.16. The molecule has 0 saturated heterocycles. The highest BCUT2D eigenvalue weighted by atomic mass is 35.5. The zero-order valence-electron chi connectivity index (χ0n) is 11.4. The van der Waals surface area contributed by atoms with Crippen LogP contribution < -0.4 is 0 Å². The summed E-state index contributed by atoms with van der Waals surface area (Å²) in [6, 6.07) is 17.6. The lowest BCUT2D eigenvalue weighted by molar-refractivity contribution is -0.143. The first-order valence-electron chi connectivity index (χ1n) is 6.66. The predicted octanol–water partition coefficient (Wildman–Crippen LogP) is 4.43. The minimum Gasteiger partial charge on any atom is -0.466 e. The summed E-state index contributed by atoms with van der Waals surface area (Å²) < 4.78 is 5.07. The third kappa shape index (κ3) is 3.84. The summed E-state index contributed by atoms with van der Waals surface area (Å²) >= 11 is 5.93. The molecule has 3 heteroatoms. The first-order valence-corrected chi connectivity index (χ1v) is 7.04. The molecular formula is C17H17ClO2. The van der Waals surface area contributed by atoms with Gasteiger partial charge in [-0.3, -0.25) is 4.79 Å². The molecule has 0 saturated carbocycles. The molecule has 0 aromatic heterocycles. The van der Waals surface area contributed by atoms with E-state index >= 15 is 0 Å². The first kappa shape index (κ1) is 14.6. The Bertz CT molecular complexity index is 549. The molecular weight excluding hydrogens is 272 g/mol. The van der Waals surface area contributed by atoms with Crippen molar-refractivity contribution < 1.29 is 9.53 Å². The van der Waals surface area contributed by atoms with Gasteiger partial charge in [-0.15, -0.1) is 0 Å². The quantitative estimate of drug-likeness (QED) is 0.761. The van der Waals surface area contributed by atoms with Crippen molar-refractivity contribution in [3.05, 3.63) is 70.7 Å². The maximum Gasteiger partial charge on any atom is 0.306 e. The Labute approximate surface area is 124 Å². The number of carbonyl (C=O) groups is 1. The zero-order chi connectivity index (χ0) is 14.4. The number of esters is 1. The molecule has 0 amide bonds. The summed E-state index contributed by atoms with van der Waals surface area (Å²) in [6.07, 6.45) is 0.333. The van der Waals surface area contributed by atoms with Crippen molar-refractivity contribution in [2.24, 2.45) is 0 Å². The highest BCUT2D eigenvalue weighted by Crippen LogP contribution is 2.29. The molecule has 0 unspecified atom stereocenters. The fraction of sp³-hybridized carbons (Fsp3) is 0.235. The molecule has 0 aliphatic rings. The van der Waals surface area contributed by atoms with E-state index in [2.05, 4.69) is 0 Å². The monoisotopic (exact) mass is 288 g/mol. The molecule has 0 aliphatic carbocycles. The van der Waals surface area contributed by atoms with Crippen LogP contribution in [-0.2, 0) is 9.53 Å². The zero-order valence-corrected chi connectivity index (χ0v) is 12.1. The third-order valence-electron chi connectivity index (χ3n) is 3.15. The number of benzene rings is 2. The number of carbonyl (C=O) groups excluding carboxylic acids is 1. The Morgan fingerprint density at radius 1 is 1.05 bits per heavy atom. The van der Waals surface area contributed by atoms with Gasteiger partial charge in [0.2, 0.25) is 0 Å². The number of halogens is 1. The highest BCUT2D eigenvalue weighted by Gasteiger charge is 2.18. The maximum absolute atomic E-state index is 11.8. The fourth-order valence-corrected chi connectivity index (χ4v) is 2.32. The van der Waals surface area contributed by atoms with Crippen LogP contribution >= 0.6 is 11.6 Å². The lowest BCUT2D eigenvalue weighted by Crippen LogP contribution is -2.11. The summed E-state index contributed by atoms with van der Waals surface area (Å²) in [5, 5.41) is 0.691. The molecule has 0 radical (unpaired) electrons. The molecule has 0 N–H and O–H groups in total. The second-order valence-corrected chi connectivity index (χ2v) is 4.96. The largest absolute Gasteiger partial charge is 0.466 e. The van der Waals surface area contributed by atoms with E-state index in [4.69, 9.17) is 16.3 Å². The summed E-state index contributed by atoms with van der Waals surface area (Å²) in [7, 11) is 0. The molecule has 0 heterocycles. The second kappa shape index (κ2) is 7.11. The van der Waals surface area contributed by atoms with E-state index in [1.165, 1.54) is 0 Å². The lowest BCUT2D eigenvalue weighted by Gasteiger charge is -2.17. The maximum atomic E-state index is 11.8. The van der Waals surface area contributed by atoms with Crippen LogP contribution in [0.5, 0.6) is 0 Å². The van der Waals surface area contributed by atoms with Crippen molar-refractivity contribution in [2.45, 2.75) is 19.3 Å². The van der Waals surface area contributed by atoms with Crippen LogP contribution in [0.25, 0.3) is 0 Å². The molecule has 2 aromatic rings. The second-order valence-electron chi connectivity index (χ2n) is 4.52. The van der Waals surface area contributed by atoms with E-state index in [0.717, 1.165) is 11.1 Å². The Kier molecular flexibility index (Phi) is 5.19. The molecule has 0 fully saturated rings. The van der Waals surface area contributed by atoms with Gasteiger partial charge in [0.15, 0.2) is 0 Å². The molecule has 104 valence electrons. The van der Waals surface area contributed by atoms with Gasteiger partial charge in [0.05, 0.1) is 13.0 Å². The van der Waals surface area contributed by atoms with E-state index in [0.29, 0.717) is 18.1 Å². The Hall–Kier alpha value is -1.80. The Morgan fingerprint density at radius 2 is 1.65 bits per heavy atom. The van der Waals surface area contributed by atoms with E-state index in [1.807, 2.05) is 61.5 Å². The van der Waals surface area contributed by atoms with Crippen LogP contribution in [0.4, 0.5) is 0 Å². The molecule has 2 aromatic carbocycles. The van der Waals surface area contributed by atoms with Gasteiger partial charge in [-0.1, -0.05) is 54.1 Å². The molecule has 0 spiro atoms. The number of ether oxygens (including phenoxy) is 1. The molecule has 0 bridgehead atoms. The van der Waals surface area contributed by atoms with Crippen molar-refractivity contribution in [1.29, 1.82) is 0 Å². The van der Waals surface area contributed by atoms with Crippen LogP contribution in [-0.4, -0.2) is 12.6 Å². The van der Waals surface area contributed by atoms with Crippen molar-refractivity contribution >= 4 is 17.6 Å². The molecule has 0 aliphatic heterocycles. The van der Waals surface area contributed by atoms with Crippen LogP contribution in [0, 0.1) is 0 Å². The van der Waals surface area contributed by atoms with E-state index < -0.39 is 0 Å². The van der Waals surface area contributed by atoms with Crippen molar-refractivity contribution in [1.82, 2.24) is 0 Å². The topological polar surface area (TPSA) is 26.3 Å². The molecule has 2 nitrogen and oxygen atoms in total. The summed E-state index contributed by atoms with van der Waals surface area (Å²) in [5.74, 6) is -0.191. The third-order valence-corrected chi connectivity index (χ3v) is 3.40. The lowest BCUT2D eigenvalue weighted by atomic mass is 9.88. The van der Waals surface area contributed by atoms with Gasteiger partial charge in [-0.05, 0) is 30.2 Å². The van der Waals surface area contributed by atoms with Gasteiger partial charge in [0.1, 0.15) is 0 Å². The Morgan fingerprint density at radius 3 is 2.25 bits per heavy atom. The number of hydrogen-bond donors (Lipinski definition) is 0. The first-order chi connectivity index (χ1) is 9.70. The molecule has 20 heavy (non-hydrogen) atoms. The molecule has 1 atom stereocenters. The standard InChI is InChI=1S/C17H17ClO2/c1-2-20-17(19)12-16(13-6-4-3-5-7-13)14-8-10-15(18)11-9-14/h3-11,16H,2,12H2,1H3/t16-/m0/s1. The Balaban J connectivity index is 2.29. The predicted molar refractivity (Wildman–Crippen MR) is 81.0 cm³/mol. The number of rotatable bonds is 5. The highest BCUT2D eigenvalue weighted by molar-refractivity contribution is 6.30. The smallest absolute Gasteiger partial charge is 0.306 e. The van der Waals surface area contributed by atoms with Crippen LogP contribution in [0.1, 0.15) is 30.4 Å². The number of hydrogen-bond acceptors (Lipinski definition) is 2. The van der Waals surface area contributed by atoms with Crippen molar-refractivity contribution in [2.75, 3.05) is 6.61 Å². The van der Waals surface area contributed by atoms with Gasteiger partial charge in [-0.25, -0.2) is 0 Å². The van der Waals surface area contributed by atoms with Gasteiger partial charge >= 0.3 is 5.97 Å². The summed E-state index contributed by atoms with van der Waals surface area (Å²) in [4.78, 5) is 11.8. The average molecular weight is 289 g/mol. The van der Waals surface area contributed by atoms with Crippen molar-refractivity contribution in [3.63, 3.8) is 0 Å². The van der Waals surface area contributed by atoms with E-state index in [1.54, 1.807) is 0 Å². The van der Waals surface area contributed by atoms with Gasteiger partial charge in [0, 0.05) is 10.9 Å². The fourth-order valence-electron chi connectivity index (χ4n) is 2.20.